The van der Waals surface area contributed by atoms with Gasteiger partial charge in [-0.2, -0.15) is 0 Å². The molecule has 0 radical (unpaired) electrons. The van der Waals surface area contributed by atoms with Crippen molar-refractivity contribution in [2.75, 3.05) is 18.6 Å². The Morgan fingerprint density at radius 2 is 1.80 bits per heavy atom. The van der Waals surface area contributed by atoms with Gasteiger partial charge in [-0.3, -0.25) is 34.6 Å². The SMILES string of the molecule is CC(C)[C@@H]1OC(=O)C(C)(C)CCc2ccc3ccc(nc3c2)N(C)NC(=O)[C@@H]2CCCN(N2)C(=O)[C@H](C)NC1=O. The number of amides is 3. The van der Waals surface area contributed by atoms with E-state index in [0.717, 1.165) is 16.5 Å². The smallest absolute Gasteiger partial charge is 0.312 e. The molecule has 0 spiro atoms. The zero-order chi connectivity index (χ0) is 29.2. The molecule has 11 nitrogen and oxygen atoms in total. The topological polar surface area (TPSA) is 133 Å². The number of benzene rings is 1. The van der Waals surface area contributed by atoms with Crippen LogP contribution in [0.4, 0.5) is 5.82 Å². The number of aryl methyl sites for hydroxylation is 1. The number of nitrogens with one attached hydrogen (secondary N) is 3. The number of ether oxygens (including phenoxy) is 1. The number of nitrogens with zero attached hydrogens (tertiary/aromatic N) is 3. The highest BCUT2D eigenvalue weighted by atomic mass is 16.5. The third-order valence-electron chi connectivity index (χ3n) is 7.55. The summed E-state index contributed by atoms with van der Waals surface area (Å²) in [4.78, 5) is 57.4. The van der Waals surface area contributed by atoms with Gasteiger partial charge in [-0.25, -0.2) is 10.4 Å². The largest absolute Gasteiger partial charge is 0.452 e. The predicted octanol–water partition coefficient (Wildman–Crippen LogP) is 2.24. The standard InChI is InChI=1S/C29H40N6O5/c1-17(2)24-26(37)30-18(3)27(38)35-15-7-8-21(32-35)25(36)33-34(6)23-12-11-20-10-9-19(16-22(20)31-23)13-14-29(4,5)28(39)40-24/h9-12,16-18,21,24,32H,7-8,13-15H2,1-6H3,(H,30,37)(H,33,36)/t18-,21-,24-/m0/s1. The van der Waals surface area contributed by atoms with Gasteiger partial charge in [0.05, 0.1) is 10.9 Å². The summed E-state index contributed by atoms with van der Waals surface area (Å²) >= 11 is 0. The Kier molecular flexibility index (Phi) is 8.62. The van der Waals surface area contributed by atoms with E-state index in [1.54, 1.807) is 46.7 Å². The van der Waals surface area contributed by atoms with Crippen LogP contribution in [0.1, 0.15) is 59.4 Å². The molecule has 216 valence electrons. The van der Waals surface area contributed by atoms with Crippen molar-refractivity contribution in [3.63, 3.8) is 0 Å². The third-order valence-corrected chi connectivity index (χ3v) is 7.55. The molecule has 0 unspecified atom stereocenters. The van der Waals surface area contributed by atoms with E-state index in [9.17, 15) is 19.2 Å². The van der Waals surface area contributed by atoms with Crippen LogP contribution in [0.3, 0.4) is 0 Å². The maximum atomic E-state index is 13.2. The second-order valence-electron chi connectivity index (χ2n) is 11.7. The predicted molar refractivity (Wildman–Crippen MR) is 151 cm³/mol. The van der Waals surface area contributed by atoms with E-state index in [1.807, 2.05) is 30.3 Å². The van der Waals surface area contributed by atoms with Crippen LogP contribution in [0.15, 0.2) is 30.3 Å². The lowest BCUT2D eigenvalue weighted by Gasteiger charge is -2.35. The highest BCUT2D eigenvalue weighted by Crippen LogP contribution is 2.28. The van der Waals surface area contributed by atoms with E-state index in [-0.39, 0.29) is 17.7 Å². The second kappa shape index (κ2) is 11.8. The molecule has 1 aromatic carbocycles. The number of hydrogen-bond acceptors (Lipinski definition) is 8. The fourth-order valence-electron chi connectivity index (χ4n) is 4.85. The minimum atomic E-state index is -1.05. The summed E-state index contributed by atoms with van der Waals surface area (Å²) < 4.78 is 5.75. The monoisotopic (exact) mass is 552 g/mol. The molecule has 3 heterocycles. The number of aromatic nitrogens is 1. The van der Waals surface area contributed by atoms with E-state index < -0.39 is 35.5 Å². The maximum absolute atomic E-state index is 13.2. The third kappa shape index (κ3) is 6.52. The first-order chi connectivity index (χ1) is 18.9. The van der Waals surface area contributed by atoms with E-state index in [0.29, 0.717) is 38.0 Å². The number of fused-ring (bicyclic) bond motifs is 4. The molecule has 5 bridgehead atoms. The summed E-state index contributed by atoms with van der Waals surface area (Å²) in [5.74, 6) is -1.43. The number of carbonyl (C=O) groups is 4. The summed E-state index contributed by atoms with van der Waals surface area (Å²) in [6.07, 6.45) is 1.20. The van der Waals surface area contributed by atoms with Gasteiger partial charge in [-0.15, -0.1) is 0 Å². The number of anilines is 1. The zero-order valence-electron chi connectivity index (χ0n) is 24.1. The molecule has 3 atom stereocenters. The number of pyridine rings is 1. The Morgan fingerprint density at radius 3 is 2.52 bits per heavy atom. The highest BCUT2D eigenvalue weighted by molar-refractivity contribution is 5.91. The Balaban J connectivity index is 1.66. The van der Waals surface area contributed by atoms with Crippen molar-refractivity contribution in [2.45, 2.75) is 78.5 Å². The van der Waals surface area contributed by atoms with Crippen LogP contribution in [0.25, 0.3) is 10.9 Å². The number of hydrogen-bond donors (Lipinski definition) is 3. The molecule has 2 aliphatic heterocycles. The van der Waals surface area contributed by atoms with Gasteiger partial charge in [-0.05, 0) is 76.1 Å². The van der Waals surface area contributed by atoms with Crippen LogP contribution in [0.2, 0.25) is 0 Å². The van der Waals surface area contributed by atoms with Gasteiger partial charge in [0.1, 0.15) is 17.9 Å². The van der Waals surface area contributed by atoms with E-state index >= 15 is 0 Å². The number of cyclic esters (lactones) is 1. The Bertz CT molecular complexity index is 1290. The number of carbonyl (C=O) groups excluding carboxylic acids is 4. The first kappa shape index (κ1) is 29.3. The van der Waals surface area contributed by atoms with Crippen LogP contribution in [0, 0.1) is 11.3 Å². The highest BCUT2D eigenvalue weighted by Gasteiger charge is 2.37. The molecule has 1 aromatic heterocycles. The van der Waals surface area contributed by atoms with E-state index in [2.05, 4.69) is 16.2 Å². The van der Waals surface area contributed by atoms with Crippen LogP contribution in [-0.2, 0) is 30.3 Å². The molecule has 4 rings (SSSR count). The zero-order valence-corrected chi connectivity index (χ0v) is 24.1. The van der Waals surface area contributed by atoms with Crippen LogP contribution < -0.4 is 21.2 Å². The van der Waals surface area contributed by atoms with Crippen LogP contribution >= 0.6 is 0 Å². The average Bonchev–Trinajstić information content (AvgIpc) is 2.92. The molecule has 3 N–H and O–H groups in total. The quantitative estimate of drug-likeness (QED) is 0.459. The van der Waals surface area contributed by atoms with Gasteiger partial charge in [0.2, 0.25) is 0 Å². The first-order valence-corrected chi connectivity index (χ1v) is 13.9. The summed E-state index contributed by atoms with van der Waals surface area (Å²) in [6, 6.07) is 8.21. The van der Waals surface area contributed by atoms with Gasteiger partial charge in [0, 0.05) is 19.0 Å². The molecule has 1 saturated heterocycles. The summed E-state index contributed by atoms with van der Waals surface area (Å²) in [6.45, 7) is 9.17. The molecular formula is C29H40N6O5. The maximum Gasteiger partial charge on any atom is 0.312 e. The Morgan fingerprint density at radius 1 is 1.07 bits per heavy atom. The van der Waals surface area contributed by atoms with Gasteiger partial charge >= 0.3 is 5.97 Å². The van der Waals surface area contributed by atoms with Crippen LogP contribution in [-0.4, -0.2) is 65.5 Å². The molecule has 2 aliphatic rings. The van der Waals surface area contributed by atoms with E-state index in [4.69, 9.17) is 9.72 Å². The molecule has 3 amide bonds. The Labute approximate surface area is 234 Å². The summed E-state index contributed by atoms with van der Waals surface area (Å²) in [5, 5.41) is 6.59. The van der Waals surface area contributed by atoms with Gasteiger partial charge in [-0.1, -0.05) is 26.0 Å². The molecule has 40 heavy (non-hydrogen) atoms. The lowest BCUT2D eigenvalue weighted by molar-refractivity contribution is -0.167. The van der Waals surface area contributed by atoms with Crippen molar-refractivity contribution in [3.8, 4) is 0 Å². The molecule has 0 saturated carbocycles. The van der Waals surface area contributed by atoms with Crippen molar-refractivity contribution in [1.29, 1.82) is 0 Å². The molecule has 2 aromatic rings. The second-order valence-corrected chi connectivity index (χ2v) is 11.7. The van der Waals surface area contributed by atoms with Crippen molar-refractivity contribution >= 4 is 40.4 Å². The molecule has 0 aliphatic carbocycles. The summed E-state index contributed by atoms with van der Waals surface area (Å²) in [5.41, 5.74) is 6.78. The fourth-order valence-corrected chi connectivity index (χ4v) is 4.85. The first-order valence-electron chi connectivity index (χ1n) is 13.9. The normalized spacial score (nSPS) is 25.0. The van der Waals surface area contributed by atoms with Gasteiger partial charge in [0.25, 0.3) is 17.7 Å². The molecule has 1 fully saturated rings. The van der Waals surface area contributed by atoms with E-state index in [1.165, 1.54) is 5.01 Å². The lowest BCUT2D eigenvalue weighted by atomic mass is 9.86. The summed E-state index contributed by atoms with van der Waals surface area (Å²) in [7, 11) is 1.72. The van der Waals surface area contributed by atoms with Crippen molar-refractivity contribution in [2.24, 2.45) is 11.3 Å². The number of hydrazine groups is 2. The van der Waals surface area contributed by atoms with Crippen molar-refractivity contribution in [3.05, 3.63) is 35.9 Å². The van der Waals surface area contributed by atoms with Gasteiger partial charge in [0.15, 0.2) is 6.10 Å². The Hall–Kier alpha value is -3.73. The lowest BCUT2D eigenvalue weighted by Crippen LogP contribution is -2.62. The van der Waals surface area contributed by atoms with Crippen LogP contribution in [0.5, 0.6) is 0 Å². The van der Waals surface area contributed by atoms with Gasteiger partial charge < -0.3 is 10.1 Å². The van der Waals surface area contributed by atoms with Crippen molar-refractivity contribution < 1.29 is 23.9 Å². The molecule has 11 heteroatoms. The number of esters is 1. The van der Waals surface area contributed by atoms with Crippen molar-refractivity contribution in [1.82, 2.24) is 26.2 Å². The minimum Gasteiger partial charge on any atom is -0.452 e. The minimum absolute atomic E-state index is 0.299. The molecular weight excluding hydrogens is 512 g/mol. The average molecular weight is 553 g/mol. The fraction of sp³-hybridized carbons (Fsp3) is 0.552. The number of rotatable bonds is 1.